The number of nitrogens with zero attached hydrogens (tertiary/aromatic N) is 1. The van der Waals surface area contributed by atoms with E-state index in [9.17, 15) is 0 Å². The topological polar surface area (TPSA) is 56.8 Å². The number of ether oxygens (including phenoxy) is 2. The molecule has 2 rings (SSSR count). The monoisotopic (exact) mass is 324 g/mol. The van der Waals surface area contributed by atoms with E-state index in [1.54, 1.807) is 13.3 Å². The van der Waals surface area contributed by atoms with Crippen LogP contribution in [0.3, 0.4) is 0 Å². The van der Waals surface area contributed by atoms with Gasteiger partial charge in [-0.2, -0.15) is 0 Å². The lowest BCUT2D eigenvalue weighted by Crippen LogP contribution is -2.00. The van der Waals surface area contributed by atoms with E-state index in [1.807, 2.05) is 54.6 Å². The minimum atomic E-state index is 0.659. The van der Waals surface area contributed by atoms with Crippen molar-refractivity contribution in [2.45, 2.75) is 19.8 Å². The molecule has 2 aromatic carbocycles. The van der Waals surface area contributed by atoms with Crippen LogP contribution in [0.1, 0.15) is 25.3 Å². The summed E-state index contributed by atoms with van der Waals surface area (Å²) in [6.07, 6.45) is 7.64. The molecule has 4 heteroatoms. The van der Waals surface area contributed by atoms with Crippen LogP contribution in [0.25, 0.3) is 6.08 Å². The van der Waals surface area contributed by atoms with Gasteiger partial charge in [0.2, 0.25) is 0 Å². The summed E-state index contributed by atoms with van der Waals surface area (Å²) in [6, 6.07) is 13.3. The quantitative estimate of drug-likeness (QED) is 0.428. The van der Waals surface area contributed by atoms with E-state index in [1.165, 1.54) is 0 Å². The molecule has 0 saturated carbocycles. The highest BCUT2D eigenvalue weighted by Gasteiger charge is 2.08. The number of anilines is 1. The number of hydrogen-bond donors (Lipinski definition) is 1. The van der Waals surface area contributed by atoms with Gasteiger partial charge in [-0.3, -0.25) is 4.99 Å². The fraction of sp³-hybridized carbons (Fsp3) is 0.250. The van der Waals surface area contributed by atoms with Gasteiger partial charge in [-0.15, -0.1) is 0 Å². The Morgan fingerprint density at radius 3 is 2.71 bits per heavy atom. The van der Waals surface area contributed by atoms with Crippen molar-refractivity contribution in [1.82, 2.24) is 0 Å². The van der Waals surface area contributed by atoms with Crippen LogP contribution in [-0.2, 0) is 0 Å². The smallest absolute Gasteiger partial charge is 0.168 e. The molecule has 0 aliphatic rings. The number of benzene rings is 2. The highest BCUT2D eigenvalue weighted by atomic mass is 16.5. The van der Waals surface area contributed by atoms with Crippen molar-refractivity contribution in [3.63, 3.8) is 0 Å². The van der Waals surface area contributed by atoms with Gasteiger partial charge in [0, 0.05) is 11.8 Å². The summed E-state index contributed by atoms with van der Waals surface area (Å²) in [7, 11) is 1.65. The molecule has 0 unspecified atom stereocenters. The Hall–Kier alpha value is -2.75. The average Bonchev–Trinajstić information content (AvgIpc) is 2.61. The first-order valence-electron chi connectivity index (χ1n) is 8.11. The number of nitrogen functional groups attached to an aromatic ring is 1. The molecule has 0 amide bonds. The van der Waals surface area contributed by atoms with E-state index in [4.69, 9.17) is 15.2 Å². The fourth-order valence-electron chi connectivity index (χ4n) is 2.17. The van der Waals surface area contributed by atoms with E-state index < -0.39 is 0 Å². The molecule has 2 N–H and O–H groups in total. The van der Waals surface area contributed by atoms with Crippen molar-refractivity contribution in [2.75, 3.05) is 19.5 Å². The third kappa shape index (κ3) is 4.88. The lowest BCUT2D eigenvalue weighted by Gasteiger charge is -2.12. The zero-order valence-corrected chi connectivity index (χ0v) is 14.2. The molecule has 0 atom stereocenters. The van der Waals surface area contributed by atoms with Crippen LogP contribution in [0.15, 0.2) is 53.5 Å². The van der Waals surface area contributed by atoms with Crippen LogP contribution in [-0.4, -0.2) is 19.9 Å². The molecular weight excluding hydrogens is 300 g/mol. The highest BCUT2D eigenvalue weighted by molar-refractivity contribution is 5.83. The Balaban J connectivity index is 2.14. The second-order valence-electron chi connectivity index (χ2n) is 5.28. The van der Waals surface area contributed by atoms with E-state index in [-0.39, 0.29) is 0 Å². The lowest BCUT2D eigenvalue weighted by atomic mass is 10.1. The first-order valence-corrected chi connectivity index (χ1v) is 8.11. The Morgan fingerprint density at radius 1 is 1.12 bits per heavy atom. The van der Waals surface area contributed by atoms with E-state index >= 15 is 0 Å². The summed E-state index contributed by atoms with van der Waals surface area (Å²) in [5, 5.41) is 0. The van der Waals surface area contributed by atoms with Crippen molar-refractivity contribution in [1.29, 1.82) is 0 Å². The molecule has 0 bridgehead atoms. The molecule has 0 aromatic heterocycles. The van der Waals surface area contributed by atoms with Gasteiger partial charge >= 0.3 is 0 Å². The van der Waals surface area contributed by atoms with Crippen LogP contribution >= 0.6 is 0 Å². The van der Waals surface area contributed by atoms with Crippen molar-refractivity contribution in [2.24, 2.45) is 4.99 Å². The van der Waals surface area contributed by atoms with E-state index in [2.05, 4.69) is 11.9 Å². The van der Waals surface area contributed by atoms with E-state index in [0.29, 0.717) is 12.3 Å². The first-order chi connectivity index (χ1) is 11.8. The maximum atomic E-state index is 5.89. The third-order valence-electron chi connectivity index (χ3n) is 3.49. The number of allylic oxidation sites excluding steroid dienone is 1. The third-order valence-corrected chi connectivity index (χ3v) is 3.49. The number of unbranched alkanes of at least 4 members (excludes halogenated alkanes) is 1. The van der Waals surface area contributed by atoms with Gasteiger partial charge < -0.3 is 15.2 Å². The Morgan fingerprint density at radius 2 is 1.96 bits per heavy atom. The zero-order chi connectivity index (χ0) is 17.2. The van der Waals surface area contributed by atoms with Crippen LogP contribution < -0.4 is 15.2 Å². The van der Waals surface area contributed by atoms with Gasteiger partial charge in [-0.1, -0.05) is 37.6 Å². The second-order valence-corrected chi connectivity index (χ2v) is 5.28. The number of aliphatic imine (C=N–C) groups is 1. The molecule has 0 heterocycles. The minimum absolute atomic E-state index is 0.659. The average molecular weight is 324 g/mol. The molecule has 0 saturated heterocycles. The van der Waals surface area contributed by atoms with Crippen molar-refractivity contribution in [3.8, 4) is 11.5 Å². The van der Waals surface area contributed by atoms with Gasteiger partial charge in [0.25, 0.3) is 0 Å². The number of nitrogens with two attached hydrogens (primary N) is 1. The van der Waals surface area contributed by atoms with Crippen LogP contribution in [0, 0.1) is 0 Å². The number of hydrogen-bond acceptors (Lipinski definition) is 4. The summed E-state index contributed by atoms with van der Waals surface area (Å²) in [5.41, 5.74) is 8.24. The first kappa shape index (κ1) is 17.6. The highest BCUT2D eigenvalue weighted by Crippen LogP contribution is 2.32. The fourth-order valence-corrected chi connectivity index (χ4v) is 2.17. The Kier molecular flexibility index (Phi) is 6.90. The van der Waals surface area contributed by atoms with Crippen molar-refractivity contribution >= 4 is 23.7 Å². The summed E-state index contributed by atoms with van der Waals surface area (Å²) in [5.74, 6) is 1.50. The van der Waals surface area contributed by atoms with Gasteiger partial charge in [0.05, 0.1) is 25.1 Å². The molecule has 0 radical (unpaired) electrons. The largest absolute Gasteiger partial charge is 0.493 e. The molecule has 0 fully saturated rings. The molecule has 0 aliphatic heterocycles. The van der Waals surface area contributed by atoms with Gasteiger partial charge in [-0.05, 0) is 36.8 Å². The van der Waals surface area contributed by atoms with Crippen LogP contribution in [0.4, 0.5) is 11.4 Å². The van der Waals surface area contributed by atoms with Gasteiger partial charge in [0.15, 0.2) is 11.5 Å². The van der Waals surface area contributed by atoms with Crippen molar-refractivity contribution in [3.05, 3.63) is 54.1 Å². The summed E-state index contributed by atoms with van der Waals surface area (Å²) in [4.78, 5) is 4.36. The SMILES string of the molecule is CCCCOc1c(/C=C/C=Nc2ccccc2N)cccc1OC. The van der Waals surface area contributed by atoms with Gasteiger partial charge in [-0.25, -0.2) is 0 Å². The predicted molar refractivity (Wildman–Crippen MR) is 101 cm³/mol. The lowest BCUT2D eigenvalue weighted by molar-refractivity contribution is 0.287. The van der Waals surface area contributed by atoms with Crippen molar-refractivity contribution < 1.29 is 9.47 Å². The number of rotatable bonds is 8. The standard InChI is InChI=1S/C20H24N2O2/c1-3-4-15-24-20-16(9-7-13-19(20)23-2)10-8-14-22-18-12-6-5-11-17(18)21/h5-14H,3-4,15,21H2,1-2H3/b10-8+,22-14?. The Bertz CT molecular complexity index is 709. The summed E-state index contributed by atoms with van der Waals surface area (Å²) in [6.45, 7) is 2.81. The minimum Gasteiger partial charge on any atom is -0.493 e. The molecule has 4 nitrogen and oxygen atoms in total. The maximum Gasteiger partial charge on any atom is 0.168 e. The maximum absolute atomic E-state index is 5.89. The number of para-hydroxylation sites is 3. The molecule has 0 aliphatic carbocycles. The second kappa shape index (κ2) is 9.40. The molecular formula is C20H24N2O2. The summed E-state index contributed by atoms with van der Waals surface area (Å²) < 4.78 is 11.3. The normalized spacial score (nSPS) is 11.2. The Labute approximate surface area is 143 Å². The number of methoxy groups -OCH3 is 1. The van der Waals surface area contributed by atoms with Crippen LogP contribution in [0.5, 0.6) is 11.5 Å². The molecule has 126 valence electrons. The molecule has 24 heavy (non-hydrogen) atoms. The van der Waals surface area contributed by atoms with E-state index in [0.717, 1.165) is 35.6 Å². The predicted octanol–water partition coefficient (Wildman–Crippen LogP) is 4.87. The van der Waals surface area contributed by atoms with Gasteiger partial charge in [0.1, 0.15) is 0 Å². The zero-order valence-electron chi connectivity index (χ0n) is 14.2. The van der Waals surface area contributed by atoms with Crippen LogP contribution in [0.2, 0.25) is 0 Å². The molecule has 2 aromatic rings. The molecule has 0 spiro atoms. The summed E-state index contributed by atoms with van der Waals surface area (Å²) >= 11 is 0.